The number of hydrazone groups is 1. The van der Waals surface area contributed by atoms with Crippen molar-refractivity contribution in [3.63, 3.8) is 0 Å². The number of carbonyl (C=O) groups excluding carboxylic acids is 1. The summed E-state index contributed by atoms with van der Waals surface area (Å²) in [5, 5.41) is 6.45. The lowest BCUT2D eigenvalue weighted by molar-refractivity contribution is -0.133. The third-order valence-electron chi connectivity index (χ3n) is 5.11. The zero-order chi connectivity index (χ0) is 20.1. The molecule has 28 heavy (non-hydrogen) atoms. The fraction of sp³-hybridized carbons (Fsp3) is 0.364. The Morgan fingerprint density at radius 3 is 2.46 bits per heavy atom. The van der Waals surface area contributed by atoms with Crippen molar-refractivity contribution in [1.29, 1.82) is 0 Å². The molecule has 1 aliphatic rings. The molecule has 0 aromatic heterocycles. The van der Waals surface area contributed by atoms with E-state index in [4.69, 9.17) is 5.10 Å². The number of amides is 1. The molecular weight excluding hydrogens is 482 g/mol. The van der Waals surface area contributed by atoms with Crippen LogP contribution in [-0.2, 0) is 4.79 Å². The molecule has 0 bridgehead atoms. The molecule has 1 atom stereocenters. The van der Waals surface area contributed by atoms with Crippen molar-refractivity contribution in [3.8, 4) is 0 Å². The molecule has 6 heteroatoms. The Morgan fingerprint density at radius 2 is 1.82 bits per heavy atom. The van der Waals surface area contributed by atoms with Gasteiger partial charge in [0.2, 0.25) is 5.91 Å². The average Bonchev–Trinajstić information content (AvgIpc) is 3.15. The quantitative estimate of drug-likeness (QED) is 0.488. The topological polar surface area (TPSA) is 35.9 Å². The molecule has 0 saturated carbocycles. The van der Waals surface area contributed by atoms with Crippen LogP contribution in [0.15, 0.2) is 62.6 Å². The molecule has 1 heterocycles. The summed E-state index contributed by atoms with van der Waals surface area (Å²) in [6.07, 6.45) is 1.19. The van der Waals surface area contributed by atoms with Gasteiger partial charge in [-0.05, 0) is 48.5 Å². The van der Waals surface area contributed by atoms with Crippen molar-refractivity contribution >= 4 is 43.5 Å². The fourth-order valence-electron chi connectivity index (χ4n) is 3.44. The van der Waals surface area contributed by atoms with Crippen LogP contribution in [0.25, 0.3) is 0 Å². The van der Waals surface area contributed by atoms with Crippen molar-refractivity contribution in [3.05, 3.63) is 68.6 Å². The lowest BCUT2D eigenvalue weighted by atomic mass is 9.98. The number of rotatable bonds is 7. The first-order chi connectivity index (χ1) is 13.5. The van der Waals surface area contributed by atoms with Gasteiger partial charge in [-0.1, -0.05) is 70.0 Å². The number of benzene rings is 2. The molecular formula is C22H25Br2N3O. The highest BCUT2D eigenvalue weighted by molar-refractivity contribution is 9.10. The minimum Gasteiger partial charge on any atom is -0.303 e. The van der Waals surface area contributed by atoms with Crippen molar-refractivity contribution in [2.75, 3.05) is 19.6 Å². The maximum atomic E-state index is 13.1. The smallest absolute Gasteiger partial charge is 0.244 e. The van der Waals surface area contributed by atoms with E-state index in [0.717, 1.165) is 51.8 Å². The summed E-state index contributed by atoms with van der Waals surface area (Å²) < 4.78 is 2.04. The maximum absolute atomic E-state index is 13.1. The molecule has 148 valence electrons. The lowest BCUT2D eigenvalue weighted by Gasteiger charge is -2.24. The van der Waals surface area contributed by atoms with Crippen LogP contribution in [0.4, 0.5) is 0 Å². The summed E-state index contributed by atoms with van der Waals surface area (Å²) in [4.78, 5) is 15.3. The fourth-order valence-corrected chi connectivity index (χ4v) is 4.12. The van der Waals surface area contributed by atoms with E-state index < -0.39 is 0 Å². The highest BCUT2D eigenvalue weighted by atomic mass is 79.9. The normalized spacial score (nSPS) is 16.5. The summed E-state index contributed by atoms with van der Waals surface area (Å²) in [7, 11) is 0. The van der Waals surface area contributed by atoms with Crippen LogP contribution < -0.4 is 0 Å². The Morgan fingerprint density at radius 1 is 1.11 bits per heavy atom. The van der Waals surface area contributed by atoms with E-state index in [-0.39, 0.29) is 11.9 Å². The molecule has 4 nitrogen and oxygen atoms in total. The van der Waals surface area contributed by atoms with Crippen molar-refractivity contribution in [1.82, 2.24) is 9.91 Å². The van der Waals surface area contributed by atoms with Crippen LogP contribution >= 0.6 is 31.9 Å². The van der Waals surface area contributed by atoms with E-state index in [9.17, 15) is 4.79 Å². The Kier molecular flexibility index (Phi) is 7.43. The Bertz CT molecular complexity index is 847. The second kappa shape index (κ2) is 9.81. The van der Waals surface area contributed by atoms with Gasteiger partial charge in [0.25, 0.3) is 0 Å². The molecule has 0 aliphatic carbocycles. The molecule has 3 rings (SSSR count). The van der Waals surface area contributed by atoms with Gasteiger partial charge in [0.15, 0.2) is 0 Å². The van der Waals surface area contributed by atoms with Gasteiger partial charge in [-0.2, -0.15) is 5.10 Å². The zero-order valence-corrected chi connectivity index (χ0v) is 19.4. The van der Waals surface area contributed by atoms with Crippen molar-refractivity contribution < 1.29 is 4.79 Å². The first-order valence-corrected chi connectivity index (χ1v) is 11.2. The first kappa shape index (κ1) is 21.2. The predicted molar refractivity (Wildman–Crippen MR) is 121 cm³/mol. The Labute approximate surface area is 183 Å². The van der Waals surface area contributed by atoms with Gasteiger partial charge in [0.05, 0.1) is 11.8 Å². The number of carbonyl (C=O) groups is 1. The standard InChI is InChI=1S/C22H25Br2N3O/c1-3-26(4-2)13-12-22(28)27-21(17-6-5-7-19(24)14-17)15-20(25-27)16-8-10-18(23)11-9-16/h5-11,14,21H,3-4,12-13,15H2,1-2H3/t21-/m1/s1. The van der Waals surface area contributed by atoms with Crippen LogP contribution in [0.1, 0.15) is 43.9 Å². The SMILES string of the molecule is CCN(CC)CCC(=O)N1N=C(c2ccc(Br)cc2)C[C@@H]1c1cccc(Br)c1. The molecule has 2 aromatic rings. The molecule has 1 aliphatic heterocycles. The van der Waals surface area contributed by atoms with Crippen LogP contribution in [0.3, 0.4) is 0 Å². The third-order valence-corrected chi connectivity index (χ3v) is 6.14. The number of hydrogen-bond donors (Lipinski definition) is 0. The minimum absolute atomic E-state index is 0.0691. The summed E-state index contributed by atoms with van der Waals surface area (Å²) in [6.45, 7) is 6.91. The van der Waals surface area contributed by atoms with Gasteiger partial charge < -0.3 is 4.90 Å². The number of halogens is 2. The van der Waals surface area contributed by atoms with E-state index in [0.29, 0.717) is 6.42 Å². The summed E-state index contributed by atoms with van der Waals surface area (Å²) >= 11 is 7.03. The largest absolute Gasteiger partial charge is 0.303 e. The van der Waals surface area contributed by atoms with E-state index in [1.54, 1.807) is 5.01 Å². The summed E-state index contributed by atoms with van der Waals surface area (Å²) in [5.41, 5.74) is 3.11. The van der Waals surface area contributed by atoms with Crippen molar-refractivity contribution in [2.45, 2.75) is 32.7 Å². The Balaban J connectivity index is 1.86. The van der Waals surface area contributed by atoms with Gasteiger partial charge >= 0.3 is 0 Å². The highest BCUT2D eigenvalue weighted by Crippen LogP contribution is 2.34. The van der Waals surface area contributed by atoms with Gasteiger partial charge in [-0.25, -0.2) is 5.01 Å². The van der Waals surface area contributed by atoms with E-state index in [2.05, 4.69) is 62.7 Å². The molecule has 0 fully saturated rings. The van der Waals surface area contributed by atoms with Gasteiger partial charge in [0.1, 0.15) is 0 Å². The van der Waals surface area contributed by atoms with Crippen LogP contribution in [0.5, 0.6) is 0 Å². The zero-order valence-electron chi connectivity index (χ0n) is 16.2. The molecule has 2 aromatic carbocycles. The molecule has 0 unspecified atom stereocenters. The van der Waals surface area contributed by atoms with Crippen LogP contribution in [-0.4, -0.2) is 41.2 Å². The van der Waals surface area contributed by atoms with E-state index in [1.165, 1.54) is 0 Å². The molecule has 0 saturated heterocycles. The summed E-state index contributed by atoms with van der Waals surface area (Å²) in [6, 6.07) is 16.2. The highest BCUT2D eigenvalue weighted by Gasteiger charge is 2.33. The van der Waals surface area contributed by atoms with Crippen molar-refractivity contribution in [2.24, 2.45) is 5.10 Å². The lowest BCUT2D eigenvalue weighted by Crippen LogP contribution is -2.32. The van der Waals surface area contributed by atoms with Crippen LogP contribution in [0, 0.1) is 0 Å². The van der Waals surface area contributed by atoms with Crippen LogP contribution in [0.2, 0.25) is 0 Å². The molecule has 0 N–H and O–H groups in total. The average molecular weight is 507 g/mol. The maximum Gasteiger partial charge on any atom is 0.244 e. The minimum atomic E-state index is -0.0691. The van der Waals surface area contributed by atoms with E-state index >= 15 is 0 Å². The molecule has 0 radical (unpaired) electrons. The van der Waals surface area contributed by atoms with Gasteiger partial charge in [-0.3, -0.25) is 4.79 Å². The number of hydrogen-bond acceptors (Lipinski definition) is 3. The Hall–Kier alpha value is -1.50. The van der Waals surface area contributed by atoms with Gasteiger partial charge in [-0.15, -0.1) is 0 Å². The third kappa shape index (κ3) is 5.10. The van der Waals surface area contributed by atoms with E-state index in [1.807, 2.05) is 36.4 Å². The first-order valence-electron chi connectivity index (χ1n) is 9.65. The predicted octanol–water partition coefficient (Wildman–Crippen LogP) is 5.62. The second-order valence-corrected chi connectivity index (χ2v) is 8.68. The molecule has 0 spiro atoms. The summed E-state index contributed by atoms with van der Waals surface area (Å²) in [5.74, 6) is 0.0731. The van der Waals surface area contributed by atoms with Gasteiger partial charge in [0, 0.05) is 28.3 Å². The molecule has 1 amide bonds. The monoisotopic (exact) mass is 505 g/mol. The number of nitrogens with zero attached hydrogens (tertiary/aromatic N) is 3. The second-order valence-electron chi connectivity index (χ2n) is 6.84.